The fourth-order valence-electron chi connectivity index (χ4n) is 0.134. The molecule has 1 nitrogen and oxygen atoms in total. The second kappa shape index (κ2) is 9.06. The summed E-state index contributed by atoms with van der Waals surface area (Å²) in [5.74, 6) is 0. The summed E-state index contributed by atoms with van der Waals surface area (Å²) in [6, 6.07) is 0. The molecule has 0 rings (SSSR count). The smallest absolute Gasteiger partial charge is 0.00312 e. The zero-order valence-corrected chi connectivity index (χ0v) is 5.79. The molecule has 0 saturated carbocycles. The third-order valence-corrected chi connectivity index (χ3v) is 1.05. The first kappa shape index (κ1) is 9.67. The molecule has 0 atom stereocenters. The molecule has 0 bridgehead atoms. The Labute approximate surface area is 47.8 Å². The fraction of sp³-hybridized carbons (Fsp3) is 1.00. The molecule has 0 unspecified atom stereocenters. The first-order valence-electron chi connectivity index (χ1n) is 1.97. The number of alkyl halides is 1. The molecule has 0 spiro atoms. The van der Waals surface area contributed by atoms with Crippen molar-refractivity contribution in [2.75, 3.05) is 5.33 Å². The van der Waals surface area contributed by atoms with Crippen molar-refractivity contribution >= 4 is 15.9 Å². The van der Waals surface area contributed by atoms with E-state index in [1.807, 2.05) is 0 Å². The minimum atomic E-state index is 0. The van der Waals surface area contributed by atoms with Crippen LogP contribution < -0.4 is 6.15 Å². The molecule has 0 heterocycles. The van der Waals surface area contributed by atoms with Crippen LogP contribution in [-0.2, 0) is 0 Å². The molecular weight excluding hydrogens is 142 g/mol. The molecule has 0 saturated heterocycles. The molecule has 0 aromatic rings. The van der Waals surface area contributed by atoms with Crippen LogP contribution in [0.15, 0.2) is 0 Å². The maximum absolute atomic E-state index is 3.31. The Balaban J connectivity index is 0. The van der Waals surface area contributed by atoms with Crippen LogP contribution in [0.1, 0.15) is 19.8 Å². The van der Waals surface area contributed by atoms with Crippen LogP contribution in [0.4, 0.5) is 0 Å². The Hall–Kier alpha value is 0.440. The summed E-state index contributed by atoms with van der Waals surface area (Å²) in [4.78, 5) is 0. The lowest BCUT2D eigenvalue weighted by atomic mass is 10.4. The molecule has 3 N–H and O–H groups in total. The van der Waals surface area contributed by atoms with Crippen molar-refractivity contribution < 1.29 is 0 Å². The summed E-state index contributed by atoms with van der Waals surface area (Å²) in [5, 5.41) is 1.16. The van der Waals surface area contributed by atoms with Gasteiger partial charge in [0, 0.05) is 5.33 Å². The van der Waals surface area contributed by atoms with E-state index in [0.717, 1.165) is 5.33 Å². The average Bonchev–Trinajstić information content (AvgIpc) is 1.41. The molecule has 2 heteroatoms. The SMILES string of the molecule is CCCCBr.N. The van der Waals surface area contributed by atoms with E-state index < -0.39 is 0 Å². The standard InChI is InChI=1S/C4H9Br.H3N/c1-2-3-4-5;/h2-4H2,1H3;1H3. The molecule has 0 aliphatic carbocycles. The van der Waals surface area contributed by atoms with Gasteiger partial charge in [-0.1, -0.05) is 29.3 Å². The van der Waals surface area contributed by atoms with E-state index in [9.17, 15) is 0 Å². The Kier molecular flexibility index (Phi) is 14.6. The molecule has 0 aliphatic rings. The molecule has 0 aromatic carbocycles. The van der Waals surface area contributed by atoms with Gasteiger partial charge in [0.05, 0.1) is 0 Å². The van der Waals surface area contributed by atoms with Gasteiger partial charge in [0.1, 0.15) is 0 Å². The summed E-state index contributed by atoms with van der Waals surface area (Å²) in [7, 11) is 0. The highest BCUT2D eigenvalue weighted by Gasteiger charge is 1.69. The lowest BCUT2D eigenvalue weighted by Crippen LogP contribution is -1.64. The van der Waals surface area contributed by atoms with Gasteiger partial charge >= 0.3 is 0 Å². The Morgan fingerprint density at radius 2 is 2.00 bits per heavy atom. The third kappa shape index (κ3) is 8.83. The van der Waals surface area contributed by atoms with Gasteiger partial charge in [0.15, 0.2) is 0 Å². The van der Waals surface area contributed by atoms with Crippen molar-refractivity contribution in [1.29, 1.82) is 0 Å². The summed E-state index contributed by atoms with van der Waals surface area (Å²) in [6.07, 6.45) is 2.60. The number of hydrogen-bond acceptors (Lipinski definition) is 1. The van der Waals surface area contributed by atoms with E-state index in [1.165, 1.54) is 12.8 Å². The maximum atomic E-state index is 3.31. The minimum absolute atomic E-state index is 0. The van der Waals surface area contributed by atoms with Crippen LogP contribution in [0.2, 0.25) is 0 Å². The molecule has 6 heavy (non-hydrogen) atoms. The first-order chi connectivity index (χ1) is 2.41. The summed E-state index contributed by atoms with van der Waals surface area (Å²) in [5.41, 5.74) is 0. The highest BCUT2D eigenvalue weighted by molar-refractivity contribution is 9.09. The first-order valence-corrected chi connectivity index (χ1v) is 3.10. The van der Waals surface area contributed by atoms with Gasteiger partial charge in [0.25, 0.3) is 0 Å². The molecule has 0 radical (unpaired) electrons. The second-order valence-electron chi connectivity index (χ2n) is 1.04. The van der Waals surface area contributed by atoms with Gasteiger partial charge in [-0.2, -0.15) is 0 Å². The molecule has 0 fully saturated rings. The number of hydrogen-bond donors (Lipinski definition) is 1. The van der Waals surface area contributed by atoms with E-state index in [4.69, 9.17) is 0 Å². The Morgan fingerprint density at radius 1 is 1.50 bits per heavy atom. The quantitative estimate of drug-likeness (QED) is 0.608. The highest BCUT2D eigenvalue weighted by Crippen LogP contribution is 1.89. The molecule has 40 valence electrons. The Morgan fingerprint density at radius 3 is 2.00 bits per heavy atom. The normalized spacial score (nSPS) is 7.00. The zero-order valence-electron chi connectivity index (χ0n) is 4.21. The average molecular weight is 154 g/mol. The van der Waals surface area contributed by atoms with Crippen LogP contribution >= 0.6 is 15.9 Å². The third-order valence-electron chi connectivity index (χ3n) is 0.487. The summed E-state index contributed by atoms with van der Waals surface area (Å²) >= 11 is 3.31. The van der Waals surface area contributed by atoms with Crippen molar-refractivity contribution in [2.24, 2.45) is 0 Å². The highest BCUT2D eigenvalue weighted by atomic mass is 79.9. The van der Waals surface area contributed by atoms with Crippen molar-refractivity contribution in [2.45, 2.75) is 19.8 Å². The van der Waals surface area contributed by atoms with Gasteiger partial charge < -0.3 is 6.15 Å². The lowest BCUT2D eigenvalue weighted by molar-refractivity contribution is 0.902. The Bertz CT molecular complexity index is 15.0. The van der Waals surface area contributed by atoms with Crippen LogP contribution in [0.25, 0.3) is 0 Å². The van der Waals surface area contributed by atoms with E-state index in [2.05, 4.69) is 22.9 Å². The van der Waals surface area contributed by atoms with E-state index in [1.54, 1.807) is 0 Å². The summed E-state index contributed by atoms with van der Waals surface area (Å²) in [6.45, 7) is 2.18. The zero-order chi connectivity index (χ0) is 4.12. The molecule has 0 aliphatic heterocycles. The number of halogens is 1. The summed E-state index contributed by atoms with van der Waals surface area (Å²) < 4.78 is 0. The molecular formula is C4H12BrN. The largest absolute Gasteiger partial charge is 0.344 e. The fourth-order valence-corrected chi connectivity index (χ4v) is 0.694. The van der Waals surface area contributed by atoms with Crippen molar-refractivity contribution in [3.05, 3.63) is 0 Å². The van der Waals surface area contributed by atoms with E-state index in [-0.39, 0.29) is 6.15 Å². The maximum Gasteiger partial charge on any atom is 0.00312 e. The molecule has 0 amide bonds. The van der Waals surface area contributed by atoms with Crippen molar-refractivity contribution in [3.8, 4) is 0 Å². The molecule has 0 aromatic heterocycles. The minimum Gasteiger partial charge on any atom is -0.344 e. The predicted octanol–water partition coefficient (Wildman–Crippen LogP) is 2.34. The topological polar surface area (TPSA) is 35.0 Å². The lowest BCUT2D eigenvalue weighted by Gasteiger charge is -1.77. The van der Waals surface area contributed by atoms with Crippen LogP contribution in [0.3, 0.4) is 0 Å². The van der Waals surface area contributed by atoms with E-state index in [0.29, 0.717) is 0 Å². The van der Waals surface area contributed by atoms with Gasteiger partial charge in [-0.3, -0.25) is 0 Å². The second-order valence-corrected chi connectivity index (χ2v) is 1.84. The van der Waals surface area contributed by atoms with Gasteiger partial charge in [-0.25, -0.2) is 0 Å². The predicted molar refractivity (Wildman–Crippen MR) is 33.7 cm³/mol. The van der Waals surface area contributed by atoms with Gasteiger partial charge in [-0.15, -0.1) is 0 Å². The number of rotatable bonds is 2. The van der Waals surface area contributed by atoms with E-state index >= 15 is 0 Å². The van der Waals surface area contributed by atoms with Gasteiger partial charge in [0.2, 0.25) is 0 Å². The monoisotopic (exact) mass is 153 g/mol. The van der Waals surface area contributed by atoms with Crippen molar-refractivity contribution in [1.82, 2.24) is 6.15 Å². The van der Waals surface area contributed by atoms with Crippen molar-refractivity contribution in [3.63, 3.8) is 0 Å². The van der Waals surface area contributed by atoms with Crippen LogP contribution in [-0.4, -0.2) is 5.33 Å². The van der Waals surface area contributed by atoms with Gasteiger partial charge in [-0.05, 0) is 6.42 Å². The number of unbranched alkanes of at least 4 members (excludes halogenated alkanes) is 1. The van der Waals surface area contributed by atoms with Crippen LogP contribution in [0, 0.1) is 0 Å². The van der Waals surface area contributed by atoms with Crippen LogP contribution in [0.5, 0.6) is 0 Å².